The van der Waals surface area contributed by atoms with Crippen LogP contribution in [0.1, 0.15) is 16.1 Å². The molecule has 0 radical (unpaired) electrons. The topological polar surface area (TPSA) is 54.9 Å². The van der Waals surface area contributed by atoms with Gasteiger partial charge in [-0.25, -0.2) is 9.37 Å². The number of hydrogen-bond donors (Lipinski definition) is 1. The van der Waals surface area contributed by atoms with Crippen LogP contribution in [0.4, 0.5) is 10.1 Å². The Hall–Kier alpha value is -1.53. The van der Waals surface area contributed by atoms with Crippen molar-refractivity contribution in [3.8, 4) is 0 Å². The van der Waals surface area contributed by atoms with Crippen LogP contribution in [0.5, 0.6) is 0 Å². The van der Waals surface area contributed by atoms with E-state index in [1.54, 1.807) is 6.92 Å². The molecule has 1 heterocycles. The van der Waals surface area contributed by atoms with Crippen molar-refractivity contribution in [2.75, 3.05) is 5.32 Å². The molecular formula is C12H8BrClFN3O. The number of nitrogens with one attached hydrogen (secondary N) is 1. The van der Waals surface area contributed by atoms with Gasteiger partial charge in [0, 0.05) is 5.69 Å². The first-order chi connectivity index (χ1) is 8.97. The first-order valence-electron chi connectivity index (χ1n) is 5.22. The van der Waals surface area contributed by atoms with E-state index in [2.05, 4.69) is 31.2 Å². The van der Waals surface area contributed by atoms with Gasteiger partial charge in [0.2, 0.25) is 0 Å². The van der Waals surface area contributed by atoms with E-state index >= 15 is 0 Å². The standard InChI is InChI=1S/C12H8BrClFN3O/c1-6-2-8(15)7(13)3-9(6)18-12(19)10-4-16-5-11(14)17-10/h2-5H,1H3,(H,18,19). The second-order valence-electron chi connectivity index (χ2n) is 3.76. The highest BCUT2D eigenvalue weighted by Crippen LogP contribution is 2.24. The van der Waals surface area contributed by atoms with Crippen LogP contribution in [0, 0.1) is 12.7 Å². The number of aryl methyl sites for hydroxylation is 1. The van der Waals surface area contributed by atoms with Crippen LogP contribution in [0.15, 0.2) is 29.0 Å². The number of aromatic nitrogens is 2. The Kier molecular flexibility index (Phi) is 4.11. The van der Waals surface area contributed by atoms with Gasteiger partial charge in [-0.2, -0.15) is 0 Å². The maximum atomic E-state index is 13.3. The molecule has 0 atom stereocenters. The fourth-order valence-electron chi connectivity index (χ4n) is 1.42. The maximum Gasteiger partial charge on any atom is 0.275 e. The van der Waals surface area contributed by atoms with Gasteiger partial charge in [0.05, 0.1) is 16.9 Å². The maximum absolute atomic E-state index is 13.3. The van der Waals surface area contributed by atoms with Gasteiger partial charge in [-0.05, 0) is 40.5 Å². The molecule has 0 spiro atoms. The highest BCUT2D eigenvalue weighted by molar-refractivity contribution is 9.10. The van der Waals surface area contributed by atoms with Crippen molar-refractivity contribution < 1.29 is 9.18 Å². The molecule has 0 bridgehead atoms. The quantitative estimate of drug-likeness (QED) is 0.906. The van der Waals surface area contributed by atoms with E-state index < -0.39 is 11.7 Å². The van der Waals surface area contributed by atoms with E-state index in [0.717, 1.165) is 0 Å². The second-order valence-corrected chi connectivity index (χ2v) is 5.00. The van der Waals surface area contributed by atoms with E-state index in [1.165, 1.54) is 24.5 Å². The van der Waals surface area contributed by atoms with Crippen molar-refractivity contribution in [1.29, 1.82) is 0 Å². The molecule has 2 aromatic rings. The average Bonchev–Trinajstić information content (AvgIpc) is 2.36. The number of carbonyl (C=O) groups excluding carboxylic acids is 1. The summed E-state index contributed by atoms with van der Waals surface area (Å²) in [5, 5.41) is 2.75. The van der Waals surface area contributed by atoms with Crippen LogP contribution in [-0.4, -0.2) is 15.9 Å². The van der Waals surface area contributed by atoms with Gasteiger partial charge in [0.15, 0.2) is 0 Å². The minimum Gasteiger partial charge on any atom is -0.320 e. The number of carbonyl (C=O) groups is 1. The molecule has 7 heteroatoms. The number of anilines is 1. The molecule has 4 nitrogen and oxygen atoms in total. The predicted molar refractivity (Wildman–Crippen MR) is 73.8 cm³/mol. The lowest BCUT2D eigenvalue weighted by Crippen LogP contribution is -2.15. The minimum absolute atomic E-state index is 0.0901. The highest BCUT2D eigenvalue weighted by atomic mass is 79.9. The SMILES string of the molecule is Cc1cc(F)c(Br)cc1NC(=O)c1cncc(Cl)n1. The van der Waals surface area contributed by atoms with Crippen molar-refractivity contribution in [2.45, 2.75) is 6.92 Å². The zero-order valence-corrected chi connectivity index (χ0v) is 12.1. The molecule has 1 aromatic carbocycles. The Morgan fingerprint density at radius 3 is 2.84 bits per heavy atom. The molecular weight excluding hydrogens is 337 g/mol. The van der Waals surface area contributed by atoms with Crippen LogP contribution in [0.3, 0.4) is 0 Å². The lowest BCUT2D eigenvalue weighted by molar-refractivity contribution is 0.102. The largest absolute Gasteiger partial charge is 0.320 e. The van der Waals surface area contributed by atoms with Crippen LogP contribution in [0.2, 0.25) is 5.15 Å². The summed E-state index contributed by atoms with van der Waals surface area (Å²) >= 11 is 8.72. The van der Waals surface area contributed by atoms with Gasteiger partial charge in [0.25, 0.3) is 5.91 Å². The zero-order valence-electron chi connectivity index (χ0n) is 9.75. The van der Waals surface area contributed by atoms with Crippen LogP contribution >= 0.6 is 27.5 Å². The average molecular weight is 345 g/mol. The summed E-state index contributed by atoms with van der Waals surface area (Å²) in [4.78, 5) is 19.6. The summed E-state index contributed by atoms with van der Waals surface area (Å²) in [5.41, 5.74) is 1.18. The number of amides is 1. The molecule has 0 aliphatic heterocycles. The third-order valence-electron chi connectivity index (χ3n) is 2.35. The number of rotatable bonds is 2. The molecule has 1 aromatic heterocycles. The molecule has 2 rings (SSSR count). The molecule has 1 N–H and O–H groups in total. The number of nitrogens with zero attached hydrogens (tertiary/aromatic N) is 2. The van der Waals surface area contributed by atoms with Crippen molar-refractivity contribution >= 4 is 39.1 Å². The first-order valence-corrected chi connectivity index (χ1v) is 6.39. The van der Waals surface area contributed by atoms with Gasteiger partial charge < -0.3 is 5.32 Å². The Labute approximate surface area is 122 Å². The summed E-state index contributed by atoms with van der Waals surface area (Å²) < 4.78 is 13.5. The fourth-order valence-corrected chi connectivity index (χ4v) is 1.91. The minimum atomic E-state index is -0.461. The summed E-state index contributed by atoms with van der Waals surface area (Å²) in [7, 11) is 0. The lowest BCUT2D eigenvalue weighted by Gasteiger charge is -2.09. The van der Waals surface area contributed by atoms with E-state index in [9.17, 15) is 9.18 Å². The van der Waals surface area contributed by atoms with Gasteiger partial charge >= 0.3 is 0 Å². The molecule has 0 saturated heterocycles. The van der Waals surface area contributed by atoms with Crippen LogP contribution in [-0.2, 0) is 0 Å². The van der Waals surface area contributed by atoms with E-state index in [1.807, 2.05) is 0 Å². The van der Waals surface area contributed by atoms with Crippen molar-refractivity contribution in [2.24, 2.45) is 0 Å². The van der Waals surface area contributed by atoms with Gasteiger partial charge in [-0.3, -0.25) is 9.78 Å². The highest BCUT2D eigenvalue weighted by Gasteiger charge is 2.12. The third-order valence-corrected chi connectivity index (χ3v) is 3.14. The Balaban J connectivity index is 2.27. The lowest BCUT2D eigenvalue weighted by atomic mass is 10.2. The van der Waals surface area contributed by atoms with Crippen LogP contribution < -0.4 is 5.32 Å². The van der Waals surface area contributed by atoms with Gasteiger partial charge in [-0.1, -0.05) is 11.6 Å². The van der Waals surface area contributed by atoms with E-state index in [0.29, 0.717) is 11.3 Å². The summed E-state index contributed by atoms with van der Waals surface area (Å²) in [6.07, 6.45) is 2.63. The second kappa shape index (κ2) is 5.63. The van der Waals surface area contributed by atoms with Crippen molar-refractivity contribution in [3.63, 3.8) is 0 Å². The monoisotopic (exact) mass is 343 g/mol. The van der Waals surface area contributed by atoms with Gasteiger partial charge in [-0.15, -0.1) is 0 Å². The Morgan fingerprint density at radius 1 is 1.42 bits per heavy atom. The Bertz CT molecular complexity index is 651. The van der Waals surface area contributed by atoms with Crippen molar-refractivity contribution in [3.05, 3.63) is 51.2 Å². The first kappa shape index (κ1) is 13.9. The van der Waals surface area contributed by atoms with Crippen molar-refractivity contribution in [1.82, 2.24) is 9.97 Å². The third kappa shape index (κ3) is 3.27. The summed E-state index contributed by atoms with van der Waals surface area (Å²) in [6, 6.07) is 2.81. The molecule has 1 amide bonds. The smallest absolute Gasteiger partial charge is 0.275 e. The molecule has 98 valence electrons. The Morgan fingerprint density at radius 2 is 2.16 bits per heavy atom. The summed E-state index contributed by atoms with van der Waals surface area (Å²) in [5.74, 6) is -0.852. The van der Waals surface area contributed by atoms with E-state index in [4.69, 9.17) is 11.6 Å². The molecule has 19 heavy (non-hydrogen) atoms. The molecule has 0 fully saturated rings. The number of hydrogen-bond acceptors (Lipinski definition) is 3. The fraction of sp³-hybridized carbons (Fsp3) is 0.0833. The molecule has 0 aliphatic rings. The molecule has 0 aliphatic carbocycles. The molecule has 0 unspecified atom stereocenters. The number of benzene rings is 1. The normalized spacial score (nSPS) is 10.3. The van der Waals surface area contributed by atoms with Crippen LogP contribution in [0.25, 0.3) is 0 Å². The molecule has 0 saturated carbocycles. The summed E-state index contributed by atoms with van der Waals surface area (Å²) in [6.45, 7) is 1.69. The predicted octanol–water partition coefficient (Wildman–Crippen LogP) is 3.59. The van der Waals surface area contributed by atoms with Gasteiger partial charge in [0.1, 0.15) is 16.7 Å². The zero-order chi connectivity index (χ0) is 14.0. The van der Waals surface area contributed by atoms with E-state index in [-0.39, 0.29) is 15.3 Å². The number of halogens is 3.